The Kier molecular flexibility index (Phi) is 10.4. The lowest BCUT2D eigenvalue weighted by Gasteiger charge is -2.07. The summed E-state index contributed by atoms with van der Waals surface area (Å²) >= 11 is 0. The summed E-state index contributed by atoms with van der Waals surface area (Å²) in [6, 6.07) is 15.8. The van der Waals surface area contributed by atoms with Gasteiger partial charge >= 0.3 is 18.2 Å². The van der Waals surface area contributed by atoms with Crippen LogP contribution in [0.5, 0.6) is 0 Å². The smallest absolute Gasteiger partial charge is 0.394 e. The van der Waals surface area contributed by atoms with E-state index in [4.69, 9.17) is 24.6 Å². The summed E-state index contributed by atoms with van der Waals surface area (Å²) < 4.78 is 43.5. The first-order valence-corrected chi connectivity index (χ1v) is 11.0. The number of aliphatic hydroxyl groups is 2. The third kappa shape index (κ3) is 10.6. The van der Waals surface area contributed by atoms with Crippen LogP contribution < -0.4 is 0 Å². The van der Waals surface area contributed by atoms with Crippen LogP contribution in [0.4, 0.5) is 0 Å². The van der Waals surface area contributed by atoms with Crippen molar-refractivity contribution in [1.29, 1.82) is 0 Å². The van der Waals surface area contributed by atoms with Gasteiger partial charge in [-0.1, -0.05) is 24.3 Å². The largest absolute Gasteiger partial charge is 0.469 e. The first kappa shape index (κ1) is 26.0. The van der Waals surface area contributed by atoms with Crippen molar-refractivity contribution in [3.8, 4) is 0 Å². The van der Waals surface area contributed by atoms with E-state index in [1.807, 2.05) is 48.5 Å². The molecule has 0 saturated carbocycles. The van der Waals surface area contributed by atoms with Crippen molar-refractivity contribution in [1.82, 2.24) is 9.97 Å². The molecule has 1 aromatic heterocycles. The second kappa shape index (κ2) is 12.0. The van der Waals surface area contributed by atoms with Crippen LogP contribution in [-0.4, -0.2) is 69.4 Å². The summed E-state index contributed by atoms with van der Waals surface area (Å²) in [4.78, 5) is 25.1. The molecular formula is C16H21N2O10PS. The van der Waals surface area contributed by atoms with E-state index in [0.29, 0.717) is 0 Å². The highest BCUT2D eigenvalue weighted by molar-refractivity contribution is 7.80. The number of phosphoric ester groups is 1. The molecule has 0 radical (unpaired) electrons. The van der Waals surface area contributed by atoms with E-state index in [9.17, 15) is 13.0 Å². The Balaban J connectivity index is 0.000000249. The SMILES string of the molecule is COS(=O)(=O)O.O=P(O)(O)OCC(O)CO.c1ccc2nc3ccccc3nc2c1. The number of aliphatic hydroxyl groups excluding tert-OH is 2. The van der Waals surface area contributed by atoms with Gasteiger partial charge in [0.05, 0.1) is 42.4 Å². The van der Waals surface area contributed by atoms with Gasteiger partial charge in [0.25, 0.3) is 0 Å². The second-order valence-corrected chi connectivity index (χ2v) is 7.85. The van der Waals surface area contributed by atoms with Crippen molar-refractivity contribution in [2.75, 3.05) is 20.3 Å². The maximum absolute atomic E-state index is 9.93. The van der Waals surface area contributed by atoms with Gasteiger partial charge < -0.3 is 20.0 Å². The minimum atomic E-state index is -4.50. The van der Waals surface area contributed by atoms with Gasteiger partial charge in [0.15, 0.2) is 0 Å². The zero-order chi connectivity index (χ0) is 22.8. The normalized spacial score (nSPS) is 12.5. The van der Waals surface area contributed by atoms with E-state index in [0.717, 1.165) is 29.2 Å². The molecule has 0 saturated heterocycles. The first-order valence-electron chi connectivity index (χ1n) is 8.08. The number of benzene rings is 2. The highest BCUT2D eigenvalue weighted by atomic mass is 32.3. The van der Waals surface area contributed by atoms with Crippen molar-refractivity contribution >= 4 is 40.3 Å². The molecule has 0 aliphatic carbocycles. The van der Waals surface area contributed by atoms with Crippen LogP contribution in [0.1, 0.15) is 0 Å². The molecule has 2 aromatic carbocycles. The second-order valence-electron chi connectivity index (χ2n) is 5.42. The molecule has 3 rings (SSSR count). The number of fused-ring (bicyclic) bond motifs is 2. The summed E-state index contributed by atoms with van der Waals surface area (Å²) in [5.74, 6) is 0. The topological polar surface area (TPSA) is 197 Å². The van der Waals surface area contributed by atoms with E-state index in [-0.39, 0.29) is 0 Å². The van der Waals surface area contributed by atoms with Crippen molar-refractivity contribution in [2.45, 2.75) is 6.10 Å². The van der Waals surface area contributed by atoms with Crippen LogP contribution in [0.15, 0.2) is 48.5 Å². The molecule has 0 spiro atoms. The van der Waals surface area contributed by atoms with Gasteiger partial charge in [-0.25, -0.2) is 14.5 Å². The molecule has 3 aromatic rings. The van der Waals surface area contributed by atoms with Crippen LogP contribution in [0, 0.1) is 0 Å². The Morgan fingerprint density at radius 1 is 0.967 bits per heavy atom. The van der Waals surface area contributed by atoms with Crippen molar-refractivity contribution in [3.63, 3.8) is 0 Å². The summed E-state index contributed by atoms with van der Waals surface area (Å²) in [6.07, 6.45) is -1.24. The highest BCUT2D eigenvalue weighted by Crippen LogP contribution is 2.35. The molecule has 5 N–H and O–H groups in total. The van der Waals surface area contributed by atoms with E-state index in [1.54, 1.807) is 0 Å². The fourth-order valence-electron chi connectivity index (χ4n) is 1.80. The van der Waals surface area contributed by atoms with Crippen molar-refractivity contribution < 1.29 is 46.2 Å². The van der Waals surface area contributed by atoms with Crippen LogP contribution in [-0.2, 0) is 23.7 Å². The van der Waals surface area contributed by atoms with Gasteiger partial charge in [-0.15, -0.1) is 0 Å². The average molecular weight is 464 g/mol. The van der Waals surface area contributed by atoms with Gasteiger partial charge in [-0.2, -0.15) is 8.42 Å². The highest BCUT2D eigenvalue weighted by Gasteiger charge is 2.15. The molecule has 166 valence electrons. The number of hydrogen-bond donors (Lipinski definition) is 5. The molecule has 0 bridgehead atoms. The Labute approximate surface area is 171 Å². The molecular weight excluding hydrogens is 443 g/mol. The Morgan fingerprint density at radius 2 is 1.30 bits per heavy atom. The van der Waals surface area contributed by atoms with Crippen LogP contribution in [0.25, 0.3) is 22.1 Å². The van der Waals surface area contributed by atoms with Gasteiger partial charge in [-0.3, -0.25) is 13.3 Å². The Bertz CT molecular complexity index is 985. The third-order valence-electron chi connectivity index (χ3n) is 3.10. The fraction of sp³-hybridized carbons (Fsp3) is 0.250. The summed E-state index contributed by atoms with van der Waals surface area (Å²) in [6.45, 7) is -1.15. The Hall–Kier alpha value is -2.06. The molecule has 0 aliphatic heterocycles. The van der Waals surface area contributed by atoms with Gasteiger partial charge in [0, 0.05) is 0 Å². The van der Waals surface area contributed by atoms with E-state index in [1.165, 1.54) is 0 Å². The number of rotatable bonds is 5. The molecule has 12 nitrogen and oxygen atoms in total. The van der Waals surface area contributed by atoms with E-state index >= 15 is 0 Å². The minimum absolute atomic E-state index is 0.569. The van der Waals surface area contributed by atoms with Crippen molar-refractivity contribution in [3.05, 3.63) is 48.5 Å². The number of phosphoric acid groups is 1. The quantitative estimate of drug-likeness (QED) is 0.201. The van der Waals surface area contributed by atoms with Crippen LogP contribution in [0.2, 0.25) is 0 Å². The van der Waals surface area contributed by atoms with Gasteiger partial charge in [0.1, 0.15) is 6.10 Å². The minimum Gasteiger partial charge on any atom is -0.394 e. The molecule has 30 heavy (non-hydrogen) atoms. The molecule has 1 heterocycles. The molecule has 14 heteroatoms. The number of para-hydroxylation sites is 4. The predicted molar refractivity (Wildman–Crippen MR) is 107 cm³/mol. The number of nitrogens with zero attached hydrogens (tertiary/aromatic N) is 2. The van der Waals surface area contributed by atoms with Crippen LogP contribution >= 0.6 is 7.82 Å². The summed E-state index contributed by atoms with van der Waals surface area (Å²) in [5.41, 5.74) is 3.80. The lowest BCUT2D eigenvalue weighted by Crippen LogP contribution is -2.18. The van der Waals surface area contributed by atoms with Crippen LogP contribution in [0.3, 0.4) is 0 Å². The zero-order valence-electron chi connectivity index (χ0n) is 15.6. The van der Waals surface area contributed by atoms with E-state index in [2.05, 4.69) is 18.7 Å². The van der Waals surface area contributed by atoms with Gasteiger partial charge in [-0.05, 0) is 24.3 Å². The maximum atomic E-state index is 9.93. The number of hydrogen-bond acceptors (Lipinski definition) is 9. The Morgan fingerprint density at radius 3 is 1.53 bits per heavy atom. The lowest BCUT2D eigenvalue weighted by molar-refractivity contribution is 0.0419. The first-order chi connectivity index (χ1) is 13.9. The molecule has 0 amide bonds. The third-order valence-corrected chi connectivity index (χ3v) is 4.01. The fourth-order valence-corrected chi connectivity index (χ4v) is 2.17. The summed E-state index contributed by atoms with van der Waals surface area (Å²) in [7, 11) is -7.80. The van der Waals surface area contributed by atoms with Crippen molar-refractivity contribution in [2.24, 2.45) is 0 Å². The monoisotopic (exact) mass is 464 g/mol. The average Bonchev–Trinajstić information content (AvgIpc) is 2.70. The maximum Gasteiger partial charge on any atom is 0.469 e. The van der Waals surface area contributed by atoms with Gasteiger partial charge in [0.2, 0.25) is 0 Å². The standard InChI is InChI=1S/C12H8N2.C3H9O6P.CH4O4S/c1-2-6-10-9(5-1)13-11-7-3-4-8-12(11)14-10;4-1-3(5)2-9-10(6,7)8;1-5-6(2,3)4/h1-8H;3-5H,1-2H2,(H2,6,7,8);1H3,(H,2,3,4). The molecule has 0 aliphatic rings. The summed E-state index contributed by atoms with van der Waals surface area (Å²) in [5, 5.41) is 16.7. The van der Waals surface area contributed by atoms with E-state index < -0.39 is 37.5 Å². The zero-order valence-corrected chi connectivity index (χ0v) is 17.3. The molecule has 0 fully saturated rings. The molecule has 1 atom stereocenters. The number of aromatic nitrogens is 2. The molecule has 1 unspecified atom stereocenters. The predicted octanol–water partition coefficient (Wildman–Crippen LogP) is 0.667. The lowest BCUT2D eigenvalue weighted by atomic mass is 10.2.